The standard InChI is InChI=1S/C23H23ClN6O4S2.HI/c1-13-7-18-19(11-26-13)35-22(28-18)23(32)30-6-5-29(12-16(30)10-20(31)25-2)36(33,34)21-9-14-8-15(24)3-4-17(14)27-21;/h3-4,7-9,11,16,27H,5-6,10,12H2,1-2H3,(H,25,31);1H/q+1;/p-1. The van der Waals surface area contributed by atoms with Crippen LogP contribution in [-0.2, 0) is 19.6 Å². The highest BCUT2D eigenvalue weighted by molar-refractivity contribution is 8.16. The number of H-pyrrole nitrogens is 1. The number of hydrogen-bond donors (Lipinski definition) is 2. The van der Waals surface area contributed by atoms with Gasteiger partial charge in [0.25, 0.3) is 15.7 Å². The molecule has 14 heteroatoms. The Kier molecular flexibility index (Phi) is 8.19. The molecule has 195 valence electrons. The first-order chi connectivity index (χ1) is 17.2. The van der Waals surface area contributed by atoms with Gasteiger partial charge in [-0.2, -0.15) is 4.31 Å². The molecule has 1 saturated heterocycles. The van der Waals surface area contributed by atoms with Crippen molar-refractivity contribution in [3.63, 3.8) is 0 Å². The number of amides is 2. The fourth-order valence-electron chi connectivity index (χ4n) is 4.31. The number of pyridine rings is 1. The maximum atomic E-state index is 13.5. The van der Waals surface area contributed by atoms with Crippen molar-refractivity contribution in [1.29, 1.82) is 0 Å². The number of hydrogen-bond acceptors (Lipinski definition) is 7. The Morgan fingerprint density at radius 1 is 1.27 bits per heavy atom. The molecule has 2 amide bonds. The van der Waals surface area contributed by atoms with Crippen LogP contribution < -0.4 is 34.3 Å². The number of aromatic nitrogens is 2. The zero-order chi connectivity index (χ0) is 25.6. The van der Waals surface area contributed by atoms with Gasteiger partial charge in [-0.25, -0.2) is 8.42 Å². The normalized spacial score (nSPS) is 17.8. The molecular weight excluding hydrogens is 651 g/mol. The van der Waals surface area contributed by atoms with E-state index in [9.17, 15) is 18.0 Å². The van der Waals surface area contributed by atoms with Crippen LogP contribution >= 0.6 is 23.4 Å². The zero-order valence-electron chi connectivity index (χ0n) is 19.9. The summed E-state index contributed by atoms with van der Waals surface area (Å²) in [5.41, 5.74) is 2.12. The zero-order valence-corrected chi connectivity index (χ0v) is 24.4. The minimum atomic E-state index is -3.91. The first-order valence-corrected chi connectivity index (χ1v) is 13.8. The highest BCUT2D eigenvalue weighted by Crippen LogP contribution is 2.34. The van der Waals surface area contributed by atoms with Crippen LogP contribution in [-0.4, -0.2) is 77.2 Å². The van der Waals surface area contributed by atoms with Gasteiger partial charge in [-0.15, -0.1) is 0 Å². The summed E-state index contributed by atoms with van der Waals surface area (Å²) in [6.07, 6.45) is 1.64. The van der Waals surface area contributed by atoms with Crippen molar-refractivity contribution in [3.05, 3.63) is 47.2 Å². The minimum absolute atomic E-state index is 0. The smallest absolute Gasteiger partial charge is 0.381 e. The molecule has 0 spiro atoms. The average molecular weight is 674 g/mol. The van der Waals surface area contributed by atoms with Crippen molar-refractivity contribution in [2.45, 2.75) is 29.3 Å². The molecule has 2 aliphatic heterocycles. The predicted octanol–water partition coefficient (Wildman–Crippen LogP) is -0.962. The first kappa shape index (κ1) is 27.8. The molecule has 0 bridgehead atoms. The van der Waals surface area contributed by atoms with Gasteiger partial charge in [-0.3, -0.25) is 14.6 Å². The molecule has 5 rings (SSSR count). The second kappa shape index (κ2) is 10.9. The average Bonchev–Trinajstić information content (AvgIpc) is 3.47. The number of sulfonamides is 1. The van der Waals surface area contributed by atoms with Crippen LogP contribution in [0.2, 0.25) is 5.02 Å². The molecule has 1 fully saturated rings. The van der Waals surface area contributed by atoms with Crippen molar-refractivity contribution < 1.29 is 42.0 Å². The van der Waals surface area contributed by atoms with Crippen LogP contribution in [0.5, 0.6) is 0 Å². The quantitative estimate of drug-likeness (QED) is 0.336. The number of nitrogens with zero attached hydrogens (tertiary/aromatic N) is 4. The lowest BCUT2D eigenvalue weighted by atomic mass is 10.1. The van der Waals surface area contributed by atoms with Gasteiger partial charge in [0.2, 0.25) is 5.91 Å². The Labute approximate surface area is 240 Å². The molecule has 2 aromatic heterocycles. The van der Waals surface area contributed by atoms with E-state index in [0.29, 0.717) is 21.6 Å². The number of nitrogens with one attached hydrogen (secondary N) is 2. The van der Waals surface area contributed by atoms with E-state index in [0.717, 1.165) is 10.6 Å². The molecule has 3 aromatic rings. The second-order valence-electron chi connectivity index (χ2n) is 8.57. The lowest BCUT2D eigenvalue weighted by Gasteiger charge is -2.39. The fraction of sp³-hybridized carbons (Fsp3) is 0.304. The number of aryl methyl sites for hydroxylation is 1. The van der Waals surface area contributed by atoms with E-state index in [1.807, 2.05) is 13.0 Å². The van der Waals surface area contributed by atoms with Crippen LogP contribution in [0, 0.1) is 6.92 Å². The number of aliphatic imine (C=N–C) groups is 1. The van der Waals surface area contributed by atoms with E-state index in [4.69, 9.17) is 11.6 Å². The number of thioether (sulfide) groups is 1. The summed E-state index contributed by atoms with van der Waals surface area (Å²) >= 11 is 7.27. The van der Waals surface area contributed by atoms with Crippen molar-refractivity contribution in [2.24, 2.45) is 0 Å². The van der Waals surface area contributed by atoms with Gasteiger partial charge in [0.15, 0.2) is 0 Å². The van der Waals surface area contributed by atoms with E-state index >= 15 is 0 Å². The molecule has 4 heterocycles. The highest BCUT2D eigenvalue weighted by atomic mass is 127. The van der Waals surface area contributed by atoms with Crippen molar-refractivity contribution >= 4 is 66.8 Å². The number of carbonyl (C=O) groups is 2. The number of benzene rings is 1. The molecule has 0 saturated carbocycles. The summed E-state index contributed by atoms with van der Waals surface area (Å²) in [5, 5.41) is 4.06. The molecule has 37 heavy (non-hydrogen) atoms. The Morgan fingerprint density at radius 2 is 2.05 bits per heavy atom. The van der Waals surface area contributed by atoms with E-state index in [2.05, 4.69) is 20.3 Å². The van der Waals surface area contributed by atoms with Gasteiger partial charge in [0.05, 0.1) is 11.0 Å². The third-order valence-corrected chi connectivity index (χ3v) is 9.19. The number of halogens is 2. The molecule has 1 aromatic carbocycles. The van der Waals surface area contributed by atoms with Crippen LogP contribution in [0.4, 0.5) is 5.69 Å². The third kappa shape index (κ3) is 5.50. The van der Waals surface area contributed by atoms with Crippen LogP contribution in [0.1, 0.15) is 12.1 Å². The number of piperazine rings is 1. The molecular formula is C23H23ClIN6O4S2. The second-order valence-corrected chi connectivity index (χ2v) is 11.9. The number of carbonyl (C=O) groups excluding carboxylic acids is 2. The first-order valence-electron chi connectivity index (χ1n) is 11.2. The predicted molar refractivity (Wildman–Crippen MR) is 138 cm³/mol. The minimum Gasteiger partial charge on any atom is -1.00 e. The van der Waals surface area contributed by atoms with E-state index in [1.165, 1.54) is 23.1 Å². The topological polar surface area (TPSA) is 130 Å². The van der Waals surface area contributed by atoms with E-state index < -0.39 is 16.1 Å². The summed E-state index contributed by atoms with van der Waals surface area (Å²) in [5.74, 6) is -0.624. The van der Waals surface area contributed by atoms with Crippen LogP contribution in [0.3, 0.4) is 0 Å². The largest absolute Gasteiger partial charge is 1.00 e. The van der Waals surface area contributed by atoms with Gasteiger partial charge < -0.3 is 39.2 Å². The van der Waals surface area contributed by atoms with Crippen molar-refractivity contribution in [2.75, 3.05) is 26.7 Å². The van der Waals surface area contributed by atoms with Crippen LogP contribution in [0.15, 0.2) is 46.5 Å². The summed E-state index contributed by atoms with van der Waals surface area (Å²) in [4.78, 5) is 39.7. The molecule has 1 atom stereocenters. The van der Waals surface area contributed by atoms with E-state index in [-0.39, 0.29) is 71.9 Å². The van der Waals surface area contributed by atoms with Gasteiger partial charge >= 0.3 is 11.0 Å². The Balaban J connectivity index is 0.00000320. The summed E-state index contributed by atoms with van der Waals surface area (Å²) in [7, 11) is -2.40. The molecule has 1 radical (unpaired) electrons. The van der Waals surface area contributed by atoms with Gasteiger partial charge in [-0.05, 0) is 31.2 Å². The lowest BCUT2D eigenvalue weighted by Crippen LogP contribution is -3.00. The fourth-order valence-corrected chi connectivity index (χ4v) is 6.84. The van der Waals surface area contributed by atoms with Gasteiger partial charge in [0.1, 0.15) is 9.92 Å². The number of aromatic amines is 1. The maximum Gasteiger partial charge on any atom is 0.381 e. The monoisotopic (exact) mass is 673 g/mol. The highest BCUT2D eigenvalue weighted by Gasteiger charge is 2.44. The van der Waals surface area contributed by atoms with Crippen molar-refractivity contribution in [1.82, 2.24) is 29.5 Å². The molecule has 2 aliphatic rings. The van der Waals surface area contributed by atoms with Gasteiger partial charge in [-0.1, -0.05) is 11.6 Å². The van der Waals surface area contributed by atoms with Crippen molar-refractivity contribution in [3.8, 4) is 0 Å². The summed E-state index contributed by atoms with van der Waals surface area (Å²) in [6.45, 7) is 2.03. The third-order valence-electron chi connectivity index (χ3n) is 6.18. The Morgan fingerprint density at radius 3 is 2.81 bits per heavy atom. The van der Waals surface area contributed by atoms with E-state index in [1.54, 1.807) is 35.4 Å². The number of rotatable bonds is 5. The molecule has 2 N–H and O–H groups in total. The molecule has 0 aliphatic carbocycles. The Hall–Kier alpha value is -2.20. The SMILES string of the molecule is CNC(=O)CC1CN(S(=O)(=O)c2cc3cc(Cl)ccc3[nH]2)CCN1C(=O)C1=[N+]c2cc(C)ncc2S1.[I-]. The number of fused-ring (bicyclic) bond motifs is 2. The molecule has 10 nitrogen and oxygen atoms in total. The summed E-state index contributed by atoms with van der Waals surface area (Å²) in [6, 6.07) is 7.77. The summed E-state index contributed by atoms with van der Waals surface area (Å²) < 4.78 is 28.3. The Bertz CT molecular complexity index is 1530. The lowest BCUT2D eigenvalue weighted by molar-refractivity contribution is -0.130. The molecule has 1 unspecified atom stereocenters. The maximum absolute atomic E-state index is 13.5. The van der Waals surface area contributed by atoms with Crippen LogP contribution in [0.25, 0.3) is 10.9 Å². The van der Waals surface area contributed by atoms with Gasteiger partial charge in [0, 0.05) is 78.7 Å².